The van der Waals surface area contributed by atoms with Gasteiger partial charge in [-0.1, -0.05) is 32.0 Å². The van der Waals surface area contributed by atoms with Crippen LogP contribution in [0.25, 0.3) is 16.7 Å². The number of aliphatic hydroxyl groups is 1. The first kappa shape index (κ1) is 25.2. The van der Waals surface area contributed by atoms with Crippen molar-refractivity contribution in [2.24, 2.45) is 10.9 Å². The molecule has 1 heterocycles. The molecule has 1 aliphatic rings. The number of aliphatic hydroxyl groups excluding tert-OH is 1. The number of carbonyl (C=O) groups is 1. The lowest BCUT2D eigenvalue weighted by Gasteiger charge is -2.21. The number of halogens is 1. The van der Waals surface area contributed by atoms with E-state index in [0.29, 0.717) is 49.5 Å². The van der Waals surface area contributed by atoms with Gasteiger partial charge in [-0.15, -0.1) is 0 Å². The number of hydrogen-bond acceptors (Lipinski definition) is 5. The van der Waals surface area contributed by atoms with Crippen molar-refractivity contribution in [3.05, 3.63) is 70.8 Å². The average Bonchev–Trinajstić information content (AvgIpc) is 2.80. The second-order valence-corrected chi connectivity index (χ2v) is 8.32. The lowest BCUT2D eigenvalue weighted by Crippen LogP contribution is -2.10. The lowest BCUT2D eigenvalue weighted by atomic mass is 9.86. The van der Waals surface area contributed by atoms with Crippen LogP contribution >= 0.6 is 0 Å². The highest BCUT2D eigenvalue weighted by Crippen LogP contribution is 2.39. The summed E-state index contributed by atoms with van der Waals surface area (Å²) in [6.07, 6.45) is 3.86. The Morgan fingerprint density at radius 2 is 1.91 bits per heavy atom. The fourth-order valence-electron chi connectivity index (χ4n) is 3.84. The van der Waals surface area contributed by atoms with Gasteiger partial charge >= 0.3 is 5.97 Å². The third-order valence-corrected chi connectivity index (χ3v) is 5.58. The van der Waals surface area contributed by atoms with E-state index in [4.69, 9.17) is 9.47 Å². The van der Waals surface area contributed by atoms with E-state index in [1.165, 1.54) is 18.4 Å². The van der Waals surface area contributed by atoms with E-state index in [-0.39, 0.29) is 23.1 Å². The van der Waals surface area contributed by atoms with Crippen LogP contribution in [0.5, 0.6) is 5.75 Å². The summed E-state index contributed by atoms with van der Waals surface area (Å²) in [6, 6.07) is 10.3. The molecule has 0 saturated carbocycles. The Balaban J connectivity index is 2.24. The summed E-state index contributed by atoms with van der Waals surface area (Å²) in [7, 11) is 1.63. The monoisotopic (exact) mass is 467 g/mol. The summed E-state index contributed by atoms with van der Waals surface area (Å²) in [6.45, 7) is 5.20. The Kier molecular flexibility index (Phi) is 8.60. The Labute approximate surface area is 199 Å². The van der Waals surface area contributed by atoms with E-state index in [0.717, 1.165) is 16.7 Å². The van der Waals surface area contributed by atoms with Crippen molar-refractivity contribution in [3.8, 4) is 16.9 Å². The predicted octanol–water partition coefficient (Wildman–Crippen LogP) is 5.47. The maximum absolute atomic E-state index is 14.8. The Bertz CT molecular complexity index is 1130. The third kappa shape index (κ3) is 5.91. The van der Waals surface area contributed by atoms with Gasteiger partial charge in [0.15, 0.2) is 0 Å². The number of ether oxygens (including phenoxy) is 2. The van der Waals surface area contributed by atoms with E-state index < -0.39 is 5.97 Å². The van der Waals surface area contributed by atoms with Gasteiger partial charge in [-0.2, -0.15) is 0 Å². The Morgan fingerprint density at radius 3 is 2.59 bits per heavy atom. The molecule has 0 atom stereocenters. The Morgan fingerprint density at radius 1 is 1.15 bits per heavy atom. The van der Waals surface area contributed by atoms with E-state index in [1.807, 2.05) is 26.0 Å². The van der Waals surface area contributed by atoms with Crippen LogP contribution in [-0.4, -0.2) is 49.3 Å². The molecule has 0 radical (unpaired) electrons. The van der Waals surface area contributed by atoms with E-state index in [2.05, 4.69) is 4.99 Å². The van der Waals surface area contributed by atoms with Crippen molar-refractivity contribution < 1.29 is 28.9 Å². The molecule has 0 bridgehead atoms. The molecule has 6 nitrogen and oxygen atoms in total. The van der Waals surface area contributed by atoms with Gasteiger partial charge in [0.05, 0.1) is 6.61 Å². The first-order chi connectivity index (χ1) is 16.3. The predicted molar refractivity (Wildman–Crippen MR) is 131 cm³/mol. The zero-order chi connectivity index (χ0) is 24.7. The maximum Gasteiger partial charge on any atom is 0.341 e. The molecule has 0 spiro atoms. The largest absolute Gasteiger partial charge is 0.507 e. The molecule has 2 N–H and O–H groups in total. The highest BCUT2D eigenvalue weighted by atomic mass is 19.1. The molecular formula is C27H30FNO5. The minimum absolute atomic E-state index is 0.0470. The zero-order valence-electron chi connectivity index (χ0n) is 19.7. The van der Waals surface area contributed by atoms with E-state index in [1.54, 1.807) is 25.3 Å². The van der Waals surface area contributed by atoms with Crippen molar-refractivity contribution >= 4 is 17.8 Å². The Hall–Kier alpha value is -3.45. The number of aliphatic carboxylic acids is 1. The van der Waals surface area contributed by atoms with Crippen LogP contribution in [0.3, 0.4) is 0 Å². The molecule has 1 aliphatic heterocycles. The summed E-state index contributed by atoms with van der Waals surface area (Å²) in [5, 5.41) is 20.1. The number of carboxylic acid groups (broad SMARTS) is 1. The van der Waals surface area contributed by atoms with Gasteiger partial charge in [0, 0.05) is 44.0 Å². The van der Waals surface area contributed by atoms with Crippen LogP contribution in [0, 0.1) is 11.7 Å². The highest BCUT2D eigenvalue weighted by molar-refractivity contribution is 6.09. The molecule has 0 amide bonds. The summed E-state index contributed by atoms with van der Waals surface area (Å²) in [5.41, 5.74) is 3.18. The first-order valence-electron chi connectivity index (χ1n) is 11.2. The van der Waals surface area contributed by atoms with Crippen molar-refractivity contribution in [2.45, 2.75) is 26.7 Å². The minimum Gasteiger partial charge on any atom is -0.507 e. The molecule has 2 aromatic carbocycles. The number of methoxy groups -OCH3 is 1. The van der Waals surface area contributed by atoms with Crippen LogP contribution in [0.15, 0.2) is 58.8 Å². The summed E-state index contributed by atoms with van der Waals surface area (Å²) in [4.78, 5) is 15.8. The normalized spacial score (nSPS) is 15.6. The van der Waals surface area contributed by atoms with Crippen LogP contribution < -0.4 is 4.74 Å². The van der Waals surface area contributed by atoms with Crippen molar-refractivity contribution in [2.75, 3.05) is 26.9 Å². The number of allylic oxidation sites excluding steroid dienone is 2. The molecule has 0 unspecified atom stereocenters. The quantitative estimate of drug-likeness (QED) is 0.503. The molecule has 180 valence electrons. The summed E-state index contributed by atoms with van der Waals surface area (Å²) in [5.74, 6) is -1.50. The first-order valence-corrected chi connectivity index (χ1v) is 11.2. The molecule has 34 heavy (non-hydrogen) atoms. The van der Waals surface area contributed by atoms with Crippen LogP contribution in [-0.2, 0) is 16.0 Å². The molecule has 0 saturated heterocycles. The number of aliphatic imine (C=N–C) groups is 1. The smallest absolute Gasteiger partial charge is 0.341 e. The van der Waals surface area contributed by atoms with Gasteiger partial charge < -0.3 is 19.7 Å². The fourth-order valence-corrected chi connectivity index (χ4v) is 3.84. The van der Waals surface area contributed by atoms with E-state index in [9.17, 15) is 19.4 Å². The zero-order valence-corrected chi connectivity index (χ0v) is 19.7. The highest BCUT2D eigenvalue weighted by Gasteiger charge is 2.21. The summed E-state index contributed by atoms with van der Waals surface area (Å²) >= 11 is 0. The van der Waals surface area contributed by atoms with Crippen molar-refractivity contribution in [1.82, 2.24) is 0 Å². The van der Waals surface area contributed by atoms with Gasteiger partial charge in [-0.3, -0.25) is 4.99 Å². The van der Waals surface area contributed by atoms with Crippen molar-refractivity contribution in [1.29, 1.82) is 0 Å². The second-order valence-electron chi connectivity index (χ2n) is 8.32. The molecule has 0 fully saturated rings. The molecule has 0 aliphatic carbocycles. The number of rotatable bonds is 8. The second kappa shape index (κ2) is 11.6. The lowest BCUT2D eigenvalue weighted by molar-refractivity contribution is -0.132. The fraction of sp³-hybridized carbons (Fsp3) is 0.333. The summed E-state index contributed by atoms with van der Waals surface area (Å²) < 4.78 is 26.0. The maximum atomic E-state index is 14.8. The molecule has 2 aromatic rings. The van der Waals surface area contributed by atoms with Crippen LogP contribution in [0.4, 0.5) is 4.39 Å². The third-order valence-electron chi connectivity index (χ3n) is 5.58. The molecule has 3 rings (SSSR count). The number of carboxylic acids is 1. The number of nitrogens with zero attached hydrogens (tertiary/aromatic N) is 1. The number of fused-ring (bicyclic) bond motifs is 1. The average molecular weight is 468 g/mol. The van der Waals surface area contributed by atoms with Gasteiger partial charge in [-0.25, -0.2) is 9.18 Å². The number of hydrogen-bond donors (Lipinski definition) is 2. The standard InChI is InChI=1S/C27H30FNO5/c1-17(2)20-15-25(30)23(27(31)32)16-29-10-9-18-13-26(34-12-6-11-33-3)22(14-21(18)20)19-7-4-5-8-24(19)28/h4-5,7-8,13-17,30H,6,9-12H2,1-3H3,(H,31,32)/b20-15+,25-23?,29-16?. The number of benzene rings is 2. The van der Waals surface area contributed by atoms with Gasteiger partial charge in [-0.05, 0) is 53.3 Å². The van der Waals surface area contributed by atoms with Crippen LogP contribution in [0.2, 0.25) is 0 Å². The SMILES string of the molecule is COCCCOc1cc2c(cc1-c1ccccc1F)/C(C(C)C)=C/C(O)=C(C(=O)O)C=NCC2. The molecule has 0 aromatic heterocycles. The van der Waals surface area contributed by atoms with Gasteiger partial charge in [0.2, 0.25) is 0 Å². The van der Waals surface area contributed by atoms with Gasteiger partial charge in [0.25, 0.3) is 0 Å². The minimum atomic E-state index is -1.26. The molecular weight excluding hydrogens is 437 g/mol. The topological polar surface area (TPSA) is 88.3 Å². The van der Waals surface area contributed by atoms with Crippen molar-refractivity contribution in [3.63, 3.8) is 0 Å². The van der Waals surface area contributed by atoms with Crippen LogP contribution in [0.1, 0.15) is 31.4 Å². The molecule has 7 heteroatoms. The van der Waals surface area contributed by atoms with E-state index >= 15 is 0 Å². The van der Waals surface area contributed by atoms with Gasteiger partial charge in [0.1, 0.15) is 22.9 Å².